The standard InChI is InChI=1S/C19H28N4/c1-4-10-23-16(2)18(13-20-23)14-22-12-11-21(3)19(15-22)17-8-6-5-7-9-17/h5-9,13,19H,4,10-12,14-15H2,1-3H3/t19-/m1/s1. The fourth-order valence-electron chi connectivity index (χ4n) is 3.43. The van der Waals surface area contributed by atoms with Gasteiger partial charge in [-0.15, -0.1) is 0 Å². The van der Waals surface area contributed by atoms with Crippen molar-refractivity contribution in [2.75, 3.05) is 26.7 Å². The number of benzene rings is 1. The van der Waals surface area contributed by atoms with Crippen molar-refractivity contribution in [2.45, 2.75) is 39.4 Å². The Kier molecular flexibility index (Phi) is 5.13. The maximum absolute atomic E-state index is 4.54. The highest BCUT2D eigenvalue weighted by Crippen LogP contribution is 2.25. The van der Waals surface area contributed by atoms with Crippen LogP contribution >= 0.6 is 0 Å². The summed E-state index contributed by atoms with van der Waals surface area (Å²) >= 11 is 0. The van der Waals surface area contributed by atoms with E-state index in [-0.39, 0.29) is 0 Å². The highest BCUT2D eigenvalue weighted by molar-refractivity contribution is 5.21. The molecule has 1 atom stereocenters. The van der Waals surface area contributed by atoms with E-state index in [0.29, 0.717) is 6.04 Å². The summed E-state index contributed by atoms with van der Waals surface area (Å²) < 4.78 is 2.14. The van der Waals surface area contributed by atoms with E-state index in [1.54, 1.807) is 0 Å². The summed E-state index contributed by atoms with van der Waals surface area (Å²) in [6.45, 7) is 9.74. The quantitative estimate of drug-likeness (QED) is 0.848. The molecule has 0 aliphatic carbocycles. The van der Waals surface area contributed by atoms with E-state index >= 15 is 0 Å². The lowest BCUT2D eigenvalue weighted by molar-refractivity contribution is 0.0903. The minimum atomic E-state index is 0.482. The molecule has 4 heteroatoms. The lowest BCUT2D eigenvalue weighted by Crippen LogP contribution is -2.46. The molecular weight excluding hydrogens is 284 g/mol. The van der Waals surface area contributed by atoms with Crippen molar-refractivity contribution in [3.05, 3.63) is 53.3 Å². The summed E-state index contributed by atoms with van der Waals surface area (Å²) in [7, 11) is 2.24. The van der Waals surface area contributed by atoms with Crippen molar-refractivity contribution in [2.24, 2.45) is 0 Å². The van der Waals surface area contributed by atoms with Gasteiger partial charge >= 0.3 is 0 Å². The van der Waals surface area contributed by atoms with Gasteiger partial charge in [-0.2, -0.15) is 5.10 Å². The third-order valence-corrected chi connectivity index (χ3v) is 4.95. The molecule has 1 fully saturated rings. The summed E-state index contributed by atoms with van der Waals surface area (Å²) in [5, 5.41) is 4.54. The Morgan fingerprint density at radius 2 is 1.96 bits per heavy atom. The lowest BCUT2D eigenvalue weighted by Gasteiger charge is -2.39. The van der Waals surface area contributed by atoms with Crippen LogP contribution in [0, 0.1) is 6.92 Å². The van der Waals surface area contributed by atoms with E-state index in [4.69, 9.17) is 0 Å². The molecule has 2 heterocycles. The Balaban J connectivity index is 1.69. The van der Waals surface area contributed by atoms with Crippen LogP contribution in [0.3, 0.4) is 0 Å². The number of piperazine rings is 1. The number of rotatable bonds is 5. The highest BCUT2D eigenvalue weighted by Gasteiger charge is 2.26. The predicted molar refractivity (Wildman–Crippen MR) is 94.3 cm³/mol. The molecule has 1 aromatic heterocycles. The second-order valence-electron chi connectivity index (χ2n) is 6.62. The third kappa shape index (κ3) is 3.65. The maximum atomic E-state index is 4.54. The summed E-state index contributed by atoms with van der Waals surface area (Å²) in [5.74, 6) is 0. The van der Waals surface area contributed by atoms with Gasteiger partial charge in [0.25, 0.3) is 0 Å². The van der Waals surface area contributed by atoms with Crippen LogP contribution in [0.4, 0.5) is 0 Å². The van der Waals surface area contributed by atoms with Crippen LogP contribution in [-0.2, 0) is 13.1 Å². The first-order valence-corrected chi connectivity index (χ1v) is 8.68. The number of aromatic nitrogens is 2. The second kappa shape index (κ2) is 7.28. The van der Waals surface area contributed by atoms with Gasteiger partial charge < -0.3 is 0 Å². The van der Waals surface area contributed by atoms with Crippen LogP contribution < -0.4 is 0 Å². The molecule has 23 heavy (non-hydrogen) atoms. The monoisotopic (exact) mass is 312 g/mol. The van der Waals surface area contributed by atoms with Gasteiger partial charge in [0.1, 0.15) is 0 Å². The van der Waals surface area contributed by atoms with Gasteiger partial charge in [0, 0.05) is 50.0 Å². The van der Waals surface area contributed by atoms with Crippen molar-refractivity contribution in [1.82, 2.24) is 19.6 Å². The van der Waals surface area contributed by atoms with Crippen LogP contribution in [0.2, 0.25) is 0 Å². The fourth-order valence-corrected chi connectivity index (χ4v) is 3.43. The first-order chi connectivity index (χ1) is 11.2. The molecule has 0 bridgehead atoms. The number of hydrogen-bond donors (Lipinski definition) is 0. The van der Waals surface area contributed by atoms with Crippen molar-refractivity contribution in [3.63, 3.8) is 0 Å². The topological polar surface area (TPSA) is 24.3 Å². The number of hydrogen-bond acceptors (Lipinski definition) is 3. The normalized spacial score (nSPS) is 20.0. The first kappa shape index (κ1) is 16.2. The largest absolute Gasteiger partial charge is 0.297 e. The zero-order chi connectivity index (χ0) is 16.2. The van der Waals surface area contributed by atoms with Crippen molar-refractivity contribution >= 4 is 0 Å². The van der Waals surface area contributed by atoms with Crippen LogP contribution in [0.1, 0.15) is 36.2 Å². The molecule has 1 saturated heterocycles. The lowest BCUT2D eigenvalue weighted by atomic mass is 10.0. The molecule has 0 radical (unpaired) electrons. The molecule has 0 saturated carbocycles. The van der Waals surface area contributed by atoms with E-state index in [0.717, 1.165) is 39.1 Å². The minimum Gasteiger partial charge on any atom is -0.297 e. The average Bonchev–Trinajstić information content (AvgIpc) is 2.91. The number of aryl methyl sites for hydroxylation is 1. The van der Waals surface area contributed by atoms with Gasteiger partial charge in [0.15, 0.2) is 0 Å². The van der Waals surface area contributed by atoms with Gasteiger partial charge in [-0.1, -0.05) is 37.3 Å². The molecule has 2 aromatic rings. The van der Waals surface area contributed by atoms with Gasteiger partial charge in [-0.05, 0) is 26.0 Å². The van der Waals surface area contributed by atoms with E-state index in [9.17, 15) is 0 Å². The molecule has 0 unspecified atom stereocenters. The molecule has 1 aromatic carbocycles. The highest BCUT2D eigenvalue weighted by atomic mass is 15.3. The van der Waals surface area contributed by atoms with Crippen LogP contribution in [-0.4, -0.2) is 46.3 Å². The zero-order valence-corrected chi connectivity index (χ0v) is 14.6. The van der Waals surface area contributed by atoms with E-state index in [1.807, 2.05) is 0 Å². The molecule has 3 rings (SSSR count). The Bertz CT molecular complexity index is 620. The van der Waals surface area contributed by atoms with E-state index in [1.165, 1.54) is 16.8 Å². The molecule has 1 aliphatic heterocycles. The van der Waals surface area contributed by atoms with Crippen molar-refractivity contribution in [1.29, 1.82) is 0 Å². The van der Waals surface area contributed by atoms with Gasteiger partial charge in [0.2, 0.25) is 0 Å². The van der Waals surface area contributed by atoms with Crippen LogP contribution in [0.5, 0.6) is 0 Å². The summed E-state index contributed by atoms with van der Waals surface area (Å²) in [6, 6.07) is 11.3. The minimum absolute atomic E-state index is 0.482. The van der Waals surface area contributed by atoms with Crippen molar-refractivity contribution < 1.29 is 0 Å². The fraction of sp³-hybridized carbons (Fsp3) is 0.526. The Labute approximate surface area is 139 Å². The molecule has 0 spiro atoms. The smallest absolute Gasteiger partial charge is 0.0537 e. The van der Waals surface area contributed by atoms with Crippen LogP contribution in [0.25, 0.3) is 0 Å². The molecule has 1 aliphatic rings. The van der Waals surface area contributed by atoms with Gasteiger partial charge in [-0.3, -0.25) is 14.5 Å². The Hall–Kier alpha value is -1.65. The molecule has 0 amide bonds. The van der Waals surface area contributed by atoms with Gasteiger partial charge in [-0.25, -0.2) is 0 Å². The summed E-state index contributed by atoms with van der Waals surface area (Å²) in [6.07, 6.45) is 3.19. The summed E-state index contributed by atoms with van der Waals surface area (Å²) in [5.41, 5.74) is 4.11. The average molecular weight is 312 g/mol. The second-order valence-corrected chi connectivity index (χ2v) is 6.62. The van der Waals surface area contributed by atoms with Crippen molar-refractivity contribution in [3.8, 4) is 0 Å². The van der Waals surface area contributed by atoms with E-state index in [2.05, 4.69) is 77.0 Å². The number of likely N-dealkylation sites (N-methyl/N-ethyl adjacent to an activating group) is 1. The molecule has 124 valence electrons. The molecule has 4 nitrogen and oxygen atoms in total. The van der Waals surface area contributed by atoms with E-state index < -0.39 is 0 Å². The molecule has 0 N–H and O–H groups in total. The molecular formula is C19H28N4. The maximum Gasteiger partial charge on any atom is 0.0537 e. The zero-order valence-electron chi connectivity index (χ0n) is 14.6. The SMILES string of the molecule is CCCn1ncc(CN2CCN(C)[C@@H](c3ccccc3)C2)c1C. The third-order valence-electron chi connectivity index (χ3n) is 4.95. The van der Waals surface area contributed by atoms with Gasteiger partial charge in [0.05, 0.1) is 6.20 Å². The summed E-state index contributed by atoms with van der Waals surface area (Å²) in [4.78, 5) is 5.04. The Morgan fingerprint density at radius 3 is 2.70 bits per heavy atom. The number of nitrogens with zero attached hydrogens (tertiary/aromatic N) is 4. The predicted octanol–water partition coefficient (Wildman–Crippen LogP) is 3.09. The Morgan fingerprint density at radius 1 is 1.17 bits per heavy atom. The first-order valence-electron chi connectivity index (χ1n) is 8.68. The van der Waals surface area contributed by atoms with Crippen LogP contribution in [0.15, 0.2) is 36.5 Å².